The highest BCUT2D eigenvalue weighted by atomic mass is 19.4. The smallest absolute Gasteiger partial charge is 0.417 e. The molecule has 0 saturated carbocycles. The lowest BCUT2D eigenvalue weighted by Gasteiger charge is -2.40. The minimum atomic E-state index is -4.57. The number of hydrogen-bond acceptors (Lipinski definition) is 6. The second kappa shape index (κ2) is 9.00. The Morgan fingerprint density at radius 1 is 1.18 bits per heavy atom. The fraction of sp³-hybridized carbons (Fsp3) is 0.217. The topological polar surface area (TPSA) is 110 Å². The number of primary amides is 1. The molecule has 1 fully saturated rings. The molecule has 3 heterocycles. The van der Waals surface area contributed by atoms with Crippen LogP contribution in [0.3, 0.4) is 0 Å². The van der Waals surface area contributed by atoms with E-state index in [4.69, 9.17) is 10.5 Å². The lowest BCUT2D eigenvalue weighted by Crippen LogP contribution is -2.54. The third-order valence-corrected chi connectivity index (χ3v) is 5.27. The van der Waals surface area contributed by atoms with Gasteiger partial charge in [0.15, 0.2) is 0 Å². The van der Waals surface area contributed by atoms with Crippen LogP contribution in [0.5, 0.6) is 5.75 Å². The molecule has 2 aromatic heterocycles. The van der Waals surface area contributed by atoms with Crippen molar-refractivity contribution in [3.8, 4) is 5.75 Å². The predicted octanol–water partition coefficient (Wildman–Crippen LogP) is 3.42. The number of ether oxygens (including phenoxy) is 1. The molecular formula is C23H20F3N5O3. The minimum Gasteiger partial charge on any atom is -0.486 e. The molecular weight excluding hydrogens is 451 g/mol. The van der Waals surface area contributed by atoms with Crippen LogP contribution >= 0.6 is 0 Å². The number of nitrogens with two attached hydrogens (primary N) is 1. The van der Waals surface area contributed by atoms with E-state index in [1.54, 1.807) is 30.5 Å². The highest BCUT2D eigenvalue weighted by Gasteiger charge is 2.33. The molecule has 1 aromatic carbocycles. The Bertz CT molecular complexity index is 1240. The van der Waals surface area contributed by atoms with Gasteiger partial charge in [-0.15, -0.1) is 0 Å². The Morgan fingerprint density at radius 3 is 2.65 bits per heavy atom. The number of hydrogen-bond donors (Lipinski definition) is 2. The number of aromatic nitrogens is 2. The molecule has 0 bridgehead atoms. The Kier molecular flexibility index (Phi) is 6.10. The van der Waals surface area contributed by atoms with Gasteiger partial charge in [-0.3, -0.25) is 14.6 Å². The molecule has 3 aromatic rings. The van der Waals surface area contributed by atoms with Gasteiger partial charge in [0.05, 0.1) is 36.1 Å². The second-order valence-electron chi connectivity index (χ2n) is 7.78. The van der Waals surface area contributed by atoms with Crippen LogP contribution in [0.1, 0.15) is 31.8 Å². The van der Waals surface area contributed by atoms with E-state index < -0.39 is 23.6 Å². The SMILES string of the molecule is Cc1ccc(C(=O)Nc2cncc(C(F)(F)F)c2)cc1OC1CN(c2ncccc2C(N)=O)C1. The molecule has 2 amide bonds. The number of amides is 2. The van der Waals surface area contributed by atoms with Gasteiger partial charge < -0.3 is 20.7 Å². The zero-order valence-corrected chi connectivity index (χ0v) is 18.0. The van der Waals surface area contributed by atoms with E-state index in [2.05, 4.69) is 15.3 Å². The number of nitrogens with zero attached hydrogens (tertiary/aromatic N) is 3. The predicted molar refractivity (Wildman–Crippen MR) is 118 cm³/mol. The van der Waals surface area contributed by atoms with Crippen LogP contribution in [0.2, 0.25) is 0 Å². The van der Waals surface area contributed by atoms with E-state index in [0.29, 0.717) is 36.4 Å². The molecule has 0 aliphatic carbocycles. The first-order chi connectivity index (χ1) is 16.1. The summed E-state index contributed by atoms with van der Waals surface area (Å²) in [6, 6.07) is 8.83. The van der Waals surface area contributed by atoms with Crippen molar-refractivity contribution in [3.05, 3.63) is 77.2 Å². The van der Waals surface area contributed by atoms with Gasteiger partial charge in [0.25, 0.3) is 11.8 Å². The van der Waals surface area contributed by atoms with E-state index in [0.717, 1.165) is 17.8 Å². The fourth-order valence-corrected chi connectivity index (χ4v) is 3.44. The minimum absolute atomic E-state index is 0.0712. The van der Waals surface area contributed by atoms with Crippen molar-refractivity contribution in [1.29, 1.82) is 0 Å². The average Bonchev–Trinajstić information content (AvgIpc) is 2.76. The van der Waals surface area contributed by atoms with Crippen molar-refractivity contribution in [2.75, 3.05) is 23.3 Å². The molecule has 0 unspecified atom stereocenters. The number of aryl methyl sites for hydroxylation is 1. The van der Waals surface area contributed by atoms with Crippen LogP contribution in [-0.4, -0.2) is 41.0 Å². The van der Waals surface area contributed by atoms with Crippen LogP contribution < -0.4 is 20.7 Å². The Balaban J connectivity index is 1.43. The van der Waals surface area contributed by atoms with E-state index >= 15 is 0 Å². The molecule has 1 aliphatic rings. The molecule has 0 atom stereocenters. The third kappa shape index (κ3) is 4.92. The van der Waals surface area contributed by atoms with Gasteiger partial charge in [0.1, 0.15) is 17.7 Å². The van der Waals surface area contributed by atoms with Gasteiger partial charge in [-0.1, -0.05) is 6.07 Å². The molecule has 1 aliphatic heterocycles. The van der Waals surface area contributed by atoms with E-state index in [9.17, 15) is 22.8 Å². The Labute approximate surface area is 192 Å². The molecule has 4 rings (SSSR count). The molecule has 1 saturated heterocycles. The number of nitrogens with one attached hydrogen (secondary N) is 1. The largest absolute Gasteiger partial charge is 0.486 e. The standard InChI is InChI=1S/C23H20F3N5O3/c1-13-4-5-14(22(33)30-16-8-15(9-28-10-16)23(24,25)26)7-19(13)34-17-11-31(12-17)21-18(20(27)32)3-2-6-29-21/h2-10,17H,11-12H2,1H3,(H2,27,32)(H,30,33). The highest BCUT2D eigenvalue weighted by molar-refractivity contribution is 6.04. The van der Waals surface area contributed by atoms with Crippen LogP contribution in [0.25, 0.3) is 0 Å². The molecule has 8 nitrogen and oxygen atoms in total. The molecule has 3 N–H and O–H groups in total. The first kappa shape index (κ1) is 23.0. The second-order valence-corrected chi connectivity index (χ2v) is 7.78. The van der Waals surface area contributed by atoms with Crippen LogP contribution in [0.4, 0.5) is 24.7 Å². The summed E-state index contributed by atoms with van der Waals surface area (Å²) >= 11 is 0. The Hall–Kier alpha value is -4.15. The maximum Gasteiger partial charge on any atom is 0.417 e. The summed E-state index contributed by atoms with van der Waals surface area (Å²) in [6.45, 7) is 2.74. The number of carbonyl (C=O) groups excluding carboxylic acids is 2. The number of alkyl halides is 3. The summed E-state index contributed by atoms with van der Waals surface area (Å²) in [5, 5.41) is 2.43. The summed E-state index contributed by atoms with van der Waals surface area (Å²) in [7, 11) is 0. The number of halogens is 3. The van der Waals surface area contributed by atoms with Crippen molar-refractivity contribution in [1.82, 2.24) is 9.97 Å². The molecule has 11 heteroatoms. The normalized spacial score (nSPS) is 13.8. The number of pyridine rings is 2. The van der Waals surface area contributed by atoms with Crippen LogP contribution in [-0.2, 0) is 6.18 Å². The van der Waals surface area contributed by atoms with Gasteiger partial charge in [0.2, 0.25) is 0 Å². The summed E-state index contributed by atoms with van der Waals surface area (Å²) in [5.41, 5.74) is 5.70. The lowest BCUT2D eigenvalue weighted by atomic mass is 10.1. The van der Waals surface area contributed by atoms with Crippen molar-refractivity contribution in [2.24, 2.45) is 5.73 Å². The van der Waals surface area contributed by atoms with Crippen LogP contribution in [0, 0.1) is 6.92 Å². The van der Waals surface area contributed by atoms with Crippen molar-refractivity contribution >= 4 is 23.3 Å². The summed E-state index contributed by atoms with van der Waals surface area (Å²) < 4.78 is 44.7. The zero-order valence-electron chi connectivity index (χ0n) is 18.0. The third-order valence-electron chi connectivity index (χ3n) is 5.27. The van der Waals surface area contributed by atoms with E-state index in [-0.39, 0.29) is 17.4 Å². The zero-order chi connectivity index (χ0) is 24.5. The maximum atomic E-state index is 12.9. The lowest BCUT2D eigenvalue weighted by molar-refractivity contribution is -0.137. The van der Waals surface area contributed by atoms with Crippen molar-refractivity contribution in [3.63, 3.8) is 0 Å². The fourth-order valence-electron chi connectivity index (χ4n) is 3.44. The van der Waals surface area contributed by atoms with Gasteiger partial charge in [0, 0.05) is 18.0 Å². The van der Waals surface area contributed by atoms with E-state index in [1.807, 2.05) is 11.8 Å². The number of benzene rings is 1. The van der Waals surface area contributed by atoms with Gasteiger partial charge >= 0.3 is 6.18 Å². The van der Waals surface area contributed by atoms with Gasteiger partial charge in [-0.05, 0) is 42.8 Å². The average molecular weight is 471 g/mol. The maximum absolute atomic E-state index is 12.9. The monoisotopic (exact) mass is 471 g/mol. The summed E-state index contributed by atoms with van der Waals surface area (Å²) in [5.74, 6) is -0.219. The molecule has 0 spiro atoms. The number of rotatable bonds is 6. The van der Waals surface area contributed by atoms with Gasteiger partial charge in [-0.2, -0.15) is 13.2 Å². The molecule has 176 valence electrons. The number of anilines is 2. The quantitative estimate of drug-likeness (QED) is 0.570. The highest BCUT2D eigenvalue weighted by Crippen LogP contribution is 2.31. The molecule has 34 heavy (non-hydrogen) atoms. The Morgan fingerprint density at radius 2 is 1.94 bits per heavy atom. The van der Waals surface area contributed by atoms with Crippen molar-refractivity contribution in [2.45, 2.75) is 19.2 Å². The van der Waals surface area contributed by atoms with Crippen molar-refractivity contribution < 1.29 is 27.5 Å². The molecule has 0 radical (unpaired) electrons. The summed E-state index contributed by atoms with van der Waals surface area (Å²) in [4.78, 5) is 33.8. The first-order valence-corrected chi connectivity index (χ1v) is 10.2. The summed E-state index contributed by atoms with van der Waals surface area (Å²) in [6.07, 6.45) is -1.38. The first-order valence-electron chi connectivity index (χ1n) is 10.2. The number of carbonyl (C=O) groups is 2. The van der Waals surface area contributed by atoms with Gasteiger partial charge in [-0.25, -0.2) is 4.98 Å². The van der Waals surface area contributed by atoms with E-state index in [1.165, 1.54) is 6.07 Å². The van der Waals surface area contributed by atoms with Crippen LogP contribution in [0.15, 0.2) is 55.0 Å².